The lowest BCUT2D eigenvalue weighted by Crippen LogP contribution is -2.08. The third kappa shape index (κ3) is 4.25. The lowest BCUT2D eigenvalue weighted by atomic mass is 9.90. The van der Waals surface area contributed by atoms with Crippen LogP contribution in [0.5, 0.6) is 0 Å². The van der Waals surface area contributed by atoms with Crippen LogP contribution in [0.2, 0.25) is 5.02 Å². The molecule has 0 aliphatic carbocycles. The molecule has 0 radical (unpaired) electrons. The Labute approximate surface area is 114 Å². The summed E-state index contributed by atoms with van der Waals surface area (Å²) in [6.07, 6.45) is 4.45. The molecule has 0 aliphatic rings. The van der Waals surface area contributed by atoms with Gasteiger partial charge in [-0.2, -0.15) is 0 Å². The second kappa shape index (κ2) is 7.75. The summed E-state index contributed by atoms with van der Waals surface area (Å²) in [5.74, 6) is 0.00843. The molecule has 1 N–H and O–H groups in total. The summed E-state index contributed by atoms with van der Waals surface area (Å²) in [6.45, 7) is 4.28. The lowest BCUT2D eigenvalue weighted by molar-refractivity contribution is 0.139. The molecule has 3 heteroatoms. The first kappa shape index (κ1) is 15.5. The van der Waals surface area contributed by atoms with Crippen LogP contribution < -0.4 is 0 Å². The van der Waals surface area contributed by atoms with Gasteiger partial charge in [-0.15, -0.1) is 0 Å². The number of aliphatic hydroxyl groups excluding tert-OH is 1. The Hall–Kier alpha value is -0.600. The molecule has 1 aromatic carbocycles. The summed E-state index contributed by atoms with van der Waals surface area (Å²) in [4.78, 5) is 0. The van der Waals surface area contributed by atoms with Crippen molar-refractivity contribution in [3.05, 3.63) is 34.6 Å². The SMILES string of the molecule is CCCCC(CC)CC(O)c1cccc(F)c1Cl. The quantitative estimate of drug-likeness (QED) is 0.730. The first-order valence-corrected chi connectivity index (χ1v) is 7.09. The molecule has 102 valence electrons. The highest BCUT2D eigenvalue weighted by Gasteiger charge is 2.18. The van der Waals surface area contributed by atoms with Gasteiger partial charge in [0.1, 0.15) is 5.82 Å². The predicted molar refractivity (Wildman–Crippen MR) is 74.3 cm³/mol. The molecule has 1 nitrogen and oxygen atoms in total. The average molecular weight is 273 g/mol. The monoisotopic (exact) mass is 272 g/mol. The van der Waals surface area contributed by atoms with Crippen LogP contribution in [-0.2, 0) is 0 Å². The molecular weight excluding hydrogens is 251 g/mol. The maximum absolute atomic E-state index is 13.3. The van der Waals surface area contributed by atoms with E-state index in [4.69, 9.17) is 11.6 Å². The van der Waals surface area contributed by atoms with E-state index in [-0.39, 0.29) is 5.02 Å². The smallest absolute Gasteiger partial charge is 0.142 e. The van der Waals surface area contributed by atoms with Gasteiger partial charge in [0.15, 0.2) is 0 Å². The van der Waals surface area contributed by atoms with E-state index in [9.17, 15) is 9.50 Å². The summed E-state index contributed by atoms with van der Waals surface area (Å²) in [7, 11) is 0. The molecule has 0 aromatic heterocycles. The van der Waals surface area contributed by atoms with Gasteiger partial charge >= 0.3 is 0 Å². The molecular formula is C15H22ClFO. The van der Waals surface area contributed by atoms with E-state index in [1.807, 2.05) is 0 Å². The molecule has 0 saturated heterocycles. The van der Waals surface area contributed by atoms with E-state index in [0.29, 0.717) is 17.9 Å². The van der Waals surface area contributed by atoms with Gasteiger partial charge in [-0.25, -0.2) is 4.39 Å². The van der Waals surface area contributed by atoms with Crippen molar-refractivity contribution in [2.75, 3.05) is 0 Å². The van der Waals surface area contributed by atoms with Crippen LogP contribution in [0.15, 0.2) is 18.2 Å². The van der Waals surface area contributed by atoms with Crippen LogP contribution >= 0.6 is 11.6 Å². The number of hydrogen-bond acceptors (Lipinski definition) is 1. The highest BCUT2D eigenvalue weighted by molar-refractivity contribution is 6.31. The number of aliphatic hydroxyl groups is 1. The minimum atomic E-state index is -0.671. The van der Waals surface area contributed by atoms with Gasteiger partial charge in [0, 0.05) is 5.56 Å². The predicted octanol–water partition coefficient (Wildman–Crippen LogP) is 5.12. The van der Waals surface area contributed by atoms with Crippen molar-refractivity contribution in [3.63, 3.8) is 0 Å². The Morgan fingerprint density at radius 3 is 2.67 bits per heavy atom. The number of rotatable bonds is 7. The van der Waals surface area contributed by atoms with E-state index in [1.54, 1.807) is 12.1 Å². The summed E-state index contributed by atoms with van der Waals surface area (Å²) >= 11 is 5.88. The van der Waals surface area contributed by atoms with Gasteiger partial charge in [0.05, 0.1) is 11.1 Å². The number of halogens is 2. The van der Waals surface area contributed by atoms with Gasteiger partial charge in [-0.3, -0.25) is 0 Å². The van der Waals surface area contributed by atoms with Crippen molar-refractivity contribution in [1.29, 1.82) is 0 Å². The van der Waals surface area contributed by atoms with Crippen LogP contribution in [0, 0.1) is 11.7 Å². The van der Waals surface area contributed by atoms with Gasteiger partial charge in [0.2, 0.25) is 0 Å². The third-order valence-corrected chi connectivity index (χ3v) is 3.84. The molecule has 0 aliphatic heterocycles. The van der Waals surface area contributed by atoms with Crippen LogP contribution in [-0.4, -0.2) is 5.11 Å². The van der Waals surface area contributed by atoms with E-state index in [2.05, 4.69) is 13.8 Å². The molecule has 1 rings (SSSR count). The maximum atomic E-state index is 13.3. The highest BCUT2D eigenvalue weighted by atomic mass is 35.5. The van der Waals surface area contributed by atoms with Crippen molar-refractivity contribution in [1.82, 2.24) is 0 Å². The molecule has 0 spiro atoms. The zero-order valence-electron chi connectivity index (χ0n) is 11.1. The topological polar surface area (TPSA) is 20.2 Å². The summed E-state index contributed by atoms with van der Waals surface area (Å²) in [5.41, 5.74) is 0.506. The van der Waals surface area contributed by atoms with E-state index in [1.165, 1.54) is 12.5 Å². The van der Waals surface area contributed by atoms with Crippen molar-refractivity contribution >= 4 is 11.6 Å². The molecule has 2 unspecified atom stereocenters. The van der Waals surface area contributed by atoms with E-state index in [0.717, 1.165) is 19.3 Å². The van der Waals surface area contributed by atoms with Crippen molar-refractivity contribution in [3.8, 4) is 0 Å². The van der Waals surface area contributed by atoms with Gasteiger partial charge in [-0.1, -0.05) is 63.3 Å². The fourth-order valence-electron chi connectivity index (χ4n) is 2.20. The lowest BCUT2D eigenvalue weighted by Gasteiger charge is -2.20. The third-order valence-electron chi connectivity index (χ3n) is 3.44. The Kier molecular flexibility index (Phi) is 6.66. The Morgan fingerprint density at radius 2 is 2.06 bits per heavy atom. The zero-order chi connectivity index (χ0) is 13.5. The maximum Gasteiger partial charge on any atom is 0.142 e. The largest absolute Gasteiger partial charge is 0.388 e. The van der Waals surface area contributed by atoms with Crippen LogP contribution in [0.4, 0.5) is 4.39 Å². The summed E-state index contributed by atoms with van der Waals surface area (Å²) < 4.78 is 13.3. The normalized spacial score (nSPS) is 14.5. The molecule has 0 bridgehead atoms. The summed E-state index contributed by atoms with van der Waals surface area (Å²) in [5, 5.41) is 10.2. The minimum absolute atomic E-state index is 0.0512. The van der Waals surface area contributed by atoms with Crippen LogP contribution in [0.1, 0.15) is 57.6 Å². The molecule has 18 heavy (non-hydrogen) atoms. The second-order valence-corrected chi connectivity index (χ2v) is 5.19. The fourth-order valence-corrected chi connectivity index (χ4v) is 2.45. The van der Waals surface area contributed by atoms with E-state index >= 15 is 0 Å². The first-order chi connectivity index (χ1) is 8.60. The molecule has 0 amide bonds. The minimum Gasteiger partial charge on any atom is -0.388 e. The van der Waals surface area contributed by atoms with Crippen LogP contribution in [0.25, 0.3) is 0 Å². The fraction of sp³-hybridized carbons (Fsp3) is 0.600. The zero-order valence-corrected chi connectivity index (χ0v) is 11.9. The van der Waals surface area contributed by atoms with E-state index < -0.39 is 11.9 Å². The first-order valence-electron chi connectivity index (χ1n) is 6.72. The number of hydrogen-bond donors (Lipinski definition) is 1. The molecule has 0 fully saturated rings. The Balaban J connectivity index is 2.68. The number of unbranched alkanes of at least 4 members (excludes halogenated alkanes) is 1. The Bertz CT molecular complexity index is 368. The van der Waals surface area contributed by atoms with Crippen molar-refractivity contribution in [2.24, 2.45) is 5.92 Å². The standard InChI is InChI=1S/C15H22ClFO/c1-3-5-7-11(4-2)10-14(18)12-8-6-9-13(17)15(12)16/h6,8-9,11,14,18H,3-5,7,10H2,1-2H3. The Morgan fingerprint density at radius 1 is 1.33 bits per heavy atom. The molecule has 2 atom stereocenters. The van der Waals surface area contributed by atoms with Crippen LogP contribution in [0.3, 0.4) is 0 Å². The molecule has 1 aromatic rings. The molecule has 0 saturated carbocycles. The van der Waals surface area contributed by atoms with Crippen molar-refractivity contribution in [2.45, 2.75) is 52.1 Å². The summed E-state index contributed by atoms with van der Waals surface area (Å²) in [6, 6.07) is 4.60. The van der Waals surface area contributed by atoms with Gasteiger partial charge < -0.3 is 5.11 Å². The highest BCUT2D eigenvalue weighted by Crippen LogP contribution is 2.31. The van der Waals surface area contributed by atoms with Gasteiger partial charge in [0.25, 0.3) is 0 Å². The average Bonchev–Trinajstić information content (AvgIpc) is 2.37. The molecule has 0 heterocycles. The second-order valence-electron chi connectivity index (χ2n) is 4.81. The van der Waals surface area contributed by atoms with Gasteiger partial charge in [-0.05, 0) is 18.4 Å². The van der Waals surface area contributed by atoms with Crippen molar-refractivity contribution < 1.29 is 9.50 Å². The number of benzene rings is 1.